The number of hydrogen-bond acceptors (Lipinski definition) is 4. The second-order valence-electron chi connectivity index (χ2n) is 4.94. The highest BCUT2D eigenvalue weighted by Gasteiger charge is 2.05. The third-order valence-electron chi connectivity index (χ3n) is 3.16. The van der Waals surface area contributed by atoms with E-state index in [0.717, 1.165) is 30.5 Å². The lowest BCUT2D eigenvalue weighted by molar-refractivity contribution is 0.111. The van der Waals surface area contributed by atoms with Crippen molar-refractivity contribution in [3.05, 3.63) is 59.7 Å². The third kappa shape index (κ3) is 4.74. The molecule has 0 heterocycles. The van der Waals surface area contributed by atoms with E-state index in [1.807, 2.05) is 6.92 Å². The SMILES string of the molecule is C[C@@H](CCOc1ccc(C=O)cc1)Oc1ccc(C=O)cc1. The van der Waals surface area contributed by atoms with Gasteiger partial charge in [0.2, 0.25) is 0 Å². The van der Waals surface area contributed by atoms with Crippen LogP contribution >= 0.6 is 0 Å². The van der Waals surface area contributed by atoms with Crippen molar-refractivity contribution in [2.24, 2.45) is 0 Å². The average molecular weight is 298 g/mol. The Morgan fingerprint density at radius 1 is 0.864 bits per heavy atom. The van der Waals surface area contributed by atoms with Crippen LogP contribution in [-0.4, -0.2) is 25.3 Å². The summed E-state index contributed by atoms with van der Waals surface area (Å²) >= 11 is 0. The van der Waals surface area contributed by atoms with Gasteiger partial charge in [-0.2, -0.15) is 0 Å². The van der Waals surface area contributed by atoms with Gasteiger partial charge in [-0.1, -0.05) is 0 Å². The molecule has 0 N–H and O–H groups in total. The molecule has 0 aromatic heterocycles. The first kappa shape index (κ1) is 15.8. The normalized spacial score (nSPS) is 11.5. The quantitative estimate of drug-likeness (QED) is 0.699. The van der Waals surface area contributed by atoms with Crippen molar-refractivity contribution >= 4 is 12.6 Å². The van der Waals surface area contributed by atoms with E-state index in [1.54, 1.807) is 48.5 Å². The van der Waals surface area contributed by atoms with Crippen molar-refractivity contribution in [2.45, 2.75) is 19.4 Å². The largest absolute Gasteiger partial charge is 0.493 e. The summed E-state index contributed by atoms with van der Waals surface area (Å²) < 4.78 is 11.4. The van der Waals surface area contributed by atoms with Crippen LogP contribution in [-0.2, 0) is 0 Å². The van der Waals surface area contributed by atoms with Crippen molar-refractivity contribution in [2.75, 3.05) is 6.61 Å². The number of benzene rings is 2. The fraction of sp³-hybridized carbons (Fsp3) is 0.222. The van der Waals surface area contributed by atoms with E-state index in [0.29, 0.717) is 17.7 Å². The van der Waals surface area contributed by atoms with Gasteiger partial charge in [0, 0.05) is 17.5 Å². The second-order valence-corrected chi connectivity index (χ2v) is 4.94. The molecule has 0 fully saturated rings. The fourth-order valence-electron chi connectivity index (χ4n) is 1.90. The smallest absolute Gasteiger partial charge is 0.150 e. The number of hydrogen-bond donors (Lipinski definition) is 0. The number of carbonyl (C=O) groups is 2. The average Bonchev–Trinajstić information content (AvgIpc) is 2.56. The van der Waals surface area contributed by atoms with E-state index in [2.05, 4.69) is 0 Å². The molecule has 2 aromatic rings. The van der Waals surface area contributed by atoms with Gasteiger partial charge in [0.1, 0.15) is 24.1 Å². The van der Waals surface area contributed by atoms with Gasteiger partial charge in [-0.3, -0.25) is 9.59 Å². The van der Waals surface area contributed by atoms with Gasteiger partial charge in [0.05, 0.1) is 12.7 Å². The van der Waals surface area contributed by atoms with Gasteiger partial charge in [0.25, 0.3) is 0 Å². The molecule has 0 bridgehead atoms. The molecule has 0 saturated carbocycles. The first-order valence-corrected chi connectivity index (χ1v) is 7.11. The molecule has 2 aromatic carbocycles. The molecular weight excluding hydrogens is 280 g/mol. The van der Waals surface area contributed by atoms with Crippen LogP contribution < -0.4 is 9.47 Å². The van der Waals surface area contributed by atoms with Crippen LogP contribution in [0.2, 0.25) is 0 Å². The van der Waals surface area contributed by atoms with Crippen LogP contribution in [0.1, 0.15) is 34.1 Å². The van der Waals surface area contributed by atoms with E-state index in [9.17, 15) is 9.59 Å². The molecule has 0 unspecified atom stereocenters. The first-order chi connectivity index (χ1) is 10.7. The molecule has 0 amide bonds. The van der Waals surface area contributed by atoms with Crippen LogP contribution in [0.15, 0.2) is 48.5 Å². The van der Waals surface area contributed by atoms with Gasteiger partial charge < -0.3 is 9.47 Å². The molecule has 0 saturated heterocycles. The first-order valence-electron chi connectivity index (χ1n) is 7.11. The molecule has 4 heteroatoms. The van der Waals surface area contributed by atoms with Gasteiger partial charge in [0.15, 0.2) is 0 Å². The van der Waals surface area contributed by atoms with Crippen molar-refractivity contribution < 1.29 is 19.1 Å². The molecule has 1 atom stereocenters. The third-order valence-corrected chi connectivity index (χ3v) is 3.16. The second kappa shape index (κ2) is 7.98. The minimum absolute atomic E-state index is 0.00340. The van der Waals surface area contributed by atoms with Crippen molar-refractivity contribution in [3.8, 4) is 11.5 Å². The van der Waals surface area contributed by atoms with E-state index < -0.39 is 0 Å². The van der Waals surface area contributed by atoms with E-state index >= 15 is 0 Å². The number of rotatable bonds is 8. The molecule has 114 valence electrons. The van der Waals surface area contributed by atoms with E-state index in [4.69, 9.17) is 9.47 Å². The molecule has 4 nitrogen and oxygen atoms in total. The topological polar surface area (TPSA) is 52.6 Å². The van der Waals surface area contributed by atoms with Crippen LogP contribution in [0.4, 0.5) is 0 Å². The van der Waals surface area contributed by atoms with Crippen molar-refractivity contribution in [3.63, 3.8) is 0 Å². The van der Waals surface area contributed by atoms with Crippen LogP contribution in [0.5, 0.6) is 11.5 Å². The Morgan fingerprint density at radius 2 is 1.36 bits per heavy atom. The van der Waals surface area contributed by atoms with Crippen molar-refractivity contribution in [1.82, 2.24) is 0 Å². The molecule has 22 heavy (non-hydrogen) atoms. The molecule has 0 aliphatic heterocycles. The van der Waals surface area contributed by atoms with Crippen LogP contribution in [0.25, 0.3) is 0 Å². The summed E-state index contributed by atoms with van der Waals surface area (Å²) in [6, 6.07) is 14.0. The summed E-state index contributed by atoms with van der Waals surface area (Å²) in [4.78, 5) is 21.1. The summed E-state index contributed by atoms with van der Waals surface area (Å²) in [6.07, 6.45) is 2.33. The Balaban J connectivity index is 1.75. The van der Waals surface area contributed by atoms with Crippen LogP contribution in [0.3, 0.4) is 0 Å². The molecule has 0 radical (unpaired) electrons. The Morgan fingerprint density at radius 3 is 1.86 bits per heavy atom. The van der Waals surface area contributed by atoms with Crippen molar-refractivity contribution in [1.29, 1.82) is 0 Å². The summed E-state index contributed by atoms with van der Waals surface area (Å²) in [7, 11) is 0. The lowest BCUT2D eigenvalue weighted by Gasteiger charge is -2.15. The minimum atomic E-state index is -0.00340. The fourth-order valence-corrected chi connectivity index (χ4v) is 1.90. The monoisotopic (exact) mass is 298 g/mol. The van der Waals surface area contributed by atoms with Gasteiger partial charge in [-0.05, 0) is 55.5 Å². The lowest BCUT2D eigenvalue weighted by atomic mass is 10.2. The standard InChI is InChI=1S/C18H18O4/c1-14(22-18-8-4-16(13-20)5-9-18)10-11-21-17-6-2-15(12-19)3-7-17/h2-9,12-14H,10-11H2,1H3/t14-/m0/s1. The van der Waals surface area contributed by atoms with Gasteiger partial charge in [-0.25, -0.2) is 0 Å². The maximum atomic E-state index is 10.6. The summed E-state index contributed by atoms with van der Waals surface area (Å²) in [5.74, 6) is 1.46. The van der Waals surface area contributed by atoms with Gasteiger partial charge in [-0.15, -0.1) is 0 Å². The maximum Gasteiger partial charge on any atom is 0.150 e. The number of carbonyl (C=O) groups excluding carboxylic acids is 2. The predicted octanol–water partition coefficient (Wildman–Crippen LogP) is 3.55. The highest BCUT2D eigenvalue weighted by Crippen LogP contribution is 2.15. The van der Waals surface area contributed by atoms with Gasteiger partial charge >= 0.3 is 0 Å². The zero-order valence-electron chi connectivity index (χ0n) is 12.4. The summed E-state index contributed by atoms with van der Waals surface area (Å²) in [5.41, 5.74) is 1.25. The predicted molar refractivity (Wildman–Crippen MR) is 83.9 cm³/mol. The summed E-state index contributed by atoms with van der Waals surface area (Å²) in [6.45, 7) is 2.49. The zero-order chi connectivity index (χ0) is 15.8. The Kier molecular flexibility index (Phi) is 5.72. The highest BCUT2D eigenvalue weighted by atomic mass is 16.5. The Hall–Kier alpha value is -2.62. The lowest BCUT2D eigenvalue weighted by Crippen LogP contribution is -2.15. The number of ether oxygens (including phenoxy) is 2. The summed E-state index contributed by atoms with van der Waals surface area (Å²) in [5, 5.41) is 0. The molecule has 0 spiro atoms. The Bertz CT molecular complexity index is 602. The minimum Gasteiger partial charge on any atom is -0.493 e. The highest BCUT2D eigenvalue weighted by molar-refractivity contribution is 5.75. The number of aldehydes is 2. The van der Waals surface area contributed by atoms with E-state index in [1.165, 1.54) is 0 Å². The molecule has 0 aliphatic carbocycles. The van der Waals surface area contributed by atoms with E-state index in [-0.39, 0.29) is 6.10 Å². The van der Waals surface area contributed by atoms with Crippen LogP contribution in [0, 0.1) is 0 Å². The Labute approximate surface area is 129 Å². The molecular formula is C18H18O4. The molecule has 2 rings (SSSR count). The maximum absolute atomic E-state index is 10.6. The molecule has 0 aliphatic rings. The zero-order valence-corrected chi connectivity index (χ0v) is 12.4.